The van der Waals surface area contributed by atoms with Crippen LogP contribution in [0.4, 0.5) is 5.69 Å². The Labute approximate surface area is 261 Å². The Morgan fingerprint density at radius 3 is 2.10 bits per heavy atom. The number of hydrogen-bond donors (Lipinski definition) is 1. The predicted molar refractivity (Wildman–Crippen MR) is 166 cm³/mol. The molecule has 0 radical (unpaired) electrons. The maximum atomic E-state index is 14.1. The molecule has 0 aromatic heterocycles. The van der Waals surface area contributed by atoms with Crippen molar-refractivity contribution in [3.05, 3.63) is 92.4 Å². The van der Waals surface area contributed by atoms with Crippen LogP contribution in [-0.2, 0) is 26.2 Å². The Bertz CT molecular complexity index is 1510. The van der Waals surface area contributed by atoms with E-state index in [1.54, 1.807) is 43.3 Å². The predicted octanol–water partition coefficient (Wildman–Crippen LogP) is 7.22. The molecule has 0 aliphatic carbocycles. The summed E-state index contributed by atoms with van der Waals surface area (Å²) < 4.78 is 28.7. The van der Waals surface area contributed by atoms with Crippen LogP contribution in [-0.4, -0.2) is 43.3 Å². The molecule has 0 heterocycles. The lowest BCUT2D eigenvalue weighted by atomic mass is 10.1. The summed E-state index contributed by atoms with van der Waals surface area (Å²) in [6.07, 6.45) is 0.261. The van der Waals surface area contributed by atoms with Gasteiger partial charge in [0, 0.05) is 22.1 Å². The van der Waals surface area contributed by atoms with Gasteiger partial charge in [-0.05, 0) is 75.2 Å². The van der Waals surface area contributed by atoms with E-state index in [1.807, 2.05) is 20.8 Å². The molecule has 3 aromatic carbocycles. The molecule has 3 rings (SSSR count). The van der Waals surface area contributed by atoms with Crippen LogP contribution in [0, 0.1) is 0 Å². The molecule has 1 N–H and O–H groups in total. The van der Waals surface area contributed by atoms with Gasteiger partial charge < -0.3 is 10.2 Å². The van der Waals surface area contributed by atoms with Crippen molar-refractivity contribution in [1.29, 1.82) is 0 Å². The molecule has 7 nitrogen and oxygen atoms in total. The second kappa shape index (κ2) is 13.7. The van der Waals surface area contributed by atoms with Gasteiger partial charge in [-0.15, -0.1) is 0 Å². The number of anilines is 1. The van der Waals surface area contributed by atoms with Crippen LogP contribution in [0.15, 0.2) is 71.6 Å². The number of amides is 2. The summed E-state index contributed by atoms with van der Waals surface area (Å²) in [7, 11) is -4.24. The molecule has 0 aliphatic rings. The van der Waals surface area contributed by atoms with E-state index < -0.39 is 34.1 Å². The Morgan fingerprint density at radius 2 is 1.54 bits per heavy atom. The van der Waals surface area contributed by atoms with E-state index in [0.717, 1.165) is 4.31 Å². The molecule has 1 atom stereocenters. The number of benzene rings is 3. The summed E-state index contributed by atoms with van der Waals surface area (Å²) in [4.78, 5) is 28.8. The molecule has 0 aliphatic heterocycles. The first-order chi connectivity index (χ1) is 19.1. The molecule has 0 bridgehead atoms. The Hall–Kier alpha value is -2.49. The van der Waals surface area contributed by atoms with Gasteiger partial charge in [0.25, 0.3) is 10.0 Å². The third-order valence-corrected chi connectivity index (χ3v) is 9.16. The minimum Gasteiger partial charge on any atom is -0.350 e. The molecular formula is C29H31Cl4N3O4S. The van der Waals surface area contributed by atoms with Crippen molar-refractivity contribution in [3.63, 3.8) is 0 Å². The second-order valence-electron chi connectivity index (χ2n) is 10.3. The summed E-state index contributed by atoms with van der Waals surface area (Å²) in [6.45, 7) is 6.58. The first kappa shape index (κ1) is 33.0. The van der Waals surface area contributed by atoms with Gasteiger partial charge in [0.2, 0.25) is 11.8 Å². The fraction of sp³-hybridized carbons (Fsp3) is 0.310. The Morgan fingerprint density at radius 1 is 0.878 bits per heavy atom. The highest BCUT2D eigenvalue weighted by atomic mass is 35.5. The van der Waals surface area contributed by atoms with Gasteiger partial charge in [-0.2, -0.15) is 0 Å². The van der Waals surface area contributed by atoms with Gasteiger partial charge in [-0.1, -0.05) is 77.6 Å². The summed E-state index contributed by atoms with van der Waals surface area (Å²) in [6, 6.07) is 15.9. The van der Waals surface area contributed by atoms with Crippen molar-refractivity contribution >= 4 is 73.9 Å². The molecule has 0 unspecified atom stereocenters. The average molecular weight is 659 g/mol. The van der Waals surface area contributed by atoms with Gasteiger partial charge >= 0.3 is 0 Å². The van der Waals surface area contributed by atoms with E-state index >= 15 is 0 Å². The van der Waals surface area contributed by atoms with Gasteiger partial charge in [0.05, 0.1) is 20.6 Å². The molecular weight excluding hydrogens is 628 g/mol. The van der Waals surface area contributed by atoms with Crippen molar-refractivity contribution in [3.8, 4) is 0 Å². The van der Waals surface area contributed by atoms with Crippen molar-refractivity contribution in [2.45, 2.75) is 57.1 Å². The number of rotatable bonds is 10. The summed E-state index contributed by atoms with van der Waals surface area (Å²) in [5.41, 5.74) is 0.103. The minimum atomic E-state index is -4.24. The lowest BCUT2D eigenvalue weighted by molar-refractivity contribution is -0.141. The summed E-state index contributed by atoms with van der Waals surface area (Å²) >= 11 is 24.9. The number of sulfonamides is 1. The van der Waals surface area contributed by atoms with Crippen LogP contribution in [0.25, 0.3) is 0 Å². The number of nitrogens with one attached hydrogen (secondary N) is 1. The molecule has 0 saturated heterocycles. The number of nitrogens with zero attached hydrogens (tertiary/aromatic N) is 2. The monoisotopic (exact) mass is 657 g/mol. The SMILES string of the molecule is CC[C@H](C(=O)NC(C)(C)C)N(Cc1ccc(Cl)cc1Cl)C(=O)CN(c1ccc(Cl)c(Cl)c1)S(=O)(=O)c1ccccc1. The first-order valence-corrected chi connectivity index (χ1v) is 15.7. The maximum absolute atomic E-state index is 14.1. The summed E-state index contributed by atoms with van der Waals surface area (Å²) in [5, 5.41) is 3.98. The molecule has 0 spiro atoms. The zero-order valence-electron chi connectivity index (χ0n) is 23.0. The number of halogens is 4. The minimum absolute atomic E-state index is 0.0244. The highest BCUT2D eigenvalue weighted by molar-refractivity contribution is 7.92. The Balaban J connectivity index is 2.11. The van der Waals surface area contributed by atoms with E-state index in [2.05, 4.69) is 5.32 Å². The van der Waals surface area contributed by atoms with Crippen molar-refractivity contribution in [2.24, 2.45) is 0 Å². The van der Waals surface area contributed by atoms with Crippen LogP contribution in [0.5, 0.6) is 0 Å². The Kier molecular flexibility index (Phi) is 11.0. The van der Waals surface area contributed by atoms with E-state index in [4.69, 9.17) is 46.4 Å². The topological polar surface area (TPSA) is 86.8 Å². The van der Waals surface area contributed by atoms with Gasteiger partial charge in [0.1, 0.15) is 12.6 Å². The lowest BCUT2D eigenvalue weighted by Crippen LogP contribution is -2.55. The van der Waals surface area contributed by atoms with Crippen LogP contribution >= 0.6 is 46.4 Å². The van der Waals surface area contributed by atoms with Crippen molar-refractivity contribution in [1.82, 2.24) is 10.2 Å². The van der Waals surface area contributed by atoms with Crippen LogP contribution in [0.2, 0.25) is 20.1 Å². The van der Waals surface area contributed by atoms with Crippen LogP contribution in [0.3, 0.4) is 0 Å². The number of hydrogen-bond acceptors (Lipinski definition) is 4. The fourth-order valence-electron chi connectivity index (χ4n) is 4.09. The molecule has 12 heteroatoms. The molecule has 0 fully saturated rings. The number of carbonyl (C=O) groups excluding carboxylic acids is 2. The fourth-order valence-corrected chi connectivity index (χ4v) is 6.28. The van der Waals surface area contributed by atoms with E-state index in [0.29, 0.717) is 15.6 Å². The van der Waals surface area contributed by atoms with E-state index in [9.17, 15) is 18.0 Å². The van der Waals surface area contributed by atoms with E-state index in [-0.39, 0.29) is 39.5 Å². The zero-order chi connectivity index (χ0) is 30.5. The van der Waals surface area contributed by atoms with Gasteiger partial charge in [-0.3, -0.25) is 13.9 Å². The maximum Gasteiger partial charge on any atom is 0.264 e. The van der Waals surface area contributed by atoms with E-state index in [1.165, 1.54) is 35.2 Å². The number of carbonyl (C=O) groups is 2. The van der Waals surface area contributed by atoms with Crippen LogP contribution in [0.1, 0.15) is 39.7 Å². The lowest BCUT2D eigenvalue weighted by Gasteiger charge is -2.35. The third-order valence-electron chi connectivity index (χ3n) is 6.04. The quantitative estimate of drug-likeness (QED) is 0.249. The first-order valence-electron chi connectivity index (χ1n) is 12.7. The standard InChI is InChI=1S/C29H31Cl4N3O4S/c1-5-26(28(38)34-29(2,3)4)35(17-19-11-12-20(30)15-24(19)32)27(37)18-36(21-13-14-23(31)25(33)16-21)41(39,40)22-9-7-6-8-10-22/h6-16,26H,5,17-18H2,1-4H3,(H,34,38)/t26-/m1/s1. The smallest absolute Gasteiger partial charge is 0.264 e. The highest BCUT2D eigenvalue weighted by Crippen LogP contribution is 2.31. The largest absolute Gasteiger partial charge is 0.350 e. The molecule has 0 saturated carbocycles. The summed E-state index contributed by atoms with van der Waals surface area (Å²) in [5.74, 6) is -1.01. The molecule has 41 heavy (non-hydrogen) atoms. The second-order valence-corrected chi connectivity index (χ2v) is 13.9. The molecule has 220 valence electrons. The van der Waals surface area contributed by atoms with Crippen molar-refractivity contribution < 1.29 is 18.0 Å². The third kappa shape index (κ3) is 8.52. The van der Waals surface area contributed by atoms with Crippen molar-refractivity contribution in [2.75, 3.05) is 10.8 Å². The van der Waals surface area contributed by atoms with Gasteiger partial charge in [-0.25, -0.2) is 8.42 Å². The zero-order valence-corrected chi connectivity index (χ0v) is 26.8. The normalized spacial score (nSPS) is 12.5. The molecule has 3 aromatic rings. The average Bonchev–Trinajstić information content (AvgIpc) is 2.89. The van der Waals surface area contributed by atoms with Gasteiger partial charge in [0.15, 0.2) is 0 Å². The highest BCUT2D eigenvalue weighted by Gasteiger charge is 2.35. The van der Waals surface area contributed by atoms with Crippen LogP contribution < -0.4 is 9.62 Å². The molecule has 2 amide bonds.